The minimum atomic E-state index is -0.362. The number of hydrogen-bond donors (Lipinski definition) is 1. The number of hydrogen-bond acceptors (Lipinski definition) is 5. The Balaban J connectivity index is 1.31. The number of carbonyl (C=O) groups is 1. The summed E-state index contributed by atoms with van der Waals surface area (Å²) >= 11 is 0. The summed E-state index contributed by atoms with van der Waals surface area (Å²) in [6, 6.07) is 9.87. The molecule has 6 nitrogen and oxygen atoms in total. The Morgan fingerprint density at radius 3 is 3.16 bits per heavy atom. The second-order valence-corrected chi connectivity index (χ2v) is 7.42. The van der Waals surface area contributed by atoms with Crippen LogP contribution in [0.4, 0.5) is 0 Å². The van der Waals surface area contributed by atoms with Crippen molar-refractivity contribution in [1.29, 1.82) is 5.26 Å². The zero-order valence-electron chi connectivity index (χ0n) is 14.2. The van der Waals surface area contributed by atoms with Gasteiger partial charge in [0, 0.05) is 39.0 Å². The van der Waals surface area contributed by atoms with E-state index in [-0.39, 0.29) is 11.5 Å². The van der Waals surface area contributed by atoms with Crippen LogP contribution in [-0.4, -0.2) is 41.8 Å². The summed E-state index contributed by atoms with van der Waals surface area (Å²) < 4.78 is 0. The number of benzene rings is 1. The first-order valence-electron chi connectivity index (χ1n) is 8.90. The number of rotatable bonds is 5. The van der Waals surface area contributed by atoms with Gasteiger partial charge in [0.2, 0.25) is 0 Å². The summed E-state index contributed by atoms with van der Waals surface area (Å²) in [5.41, 5.74) is 1.96. The highest BCUT2D eigenvalue weighted by molar-refractivity contribution is 6.39. The molecule has 2 heterocycles. The minimum Gasteiger partial charge on any atom is -0.387 e. The maximum absolute atomic E-state index is 12.2. The third kappa shape index (κ3) is 3.67. The van der Waals surface area contributed by atoms with Gasteiger partial charge in [0.15, 0.2) is 5.60 Å². The summed E-state index contributed by atoms with van der Waals surface area (Å²) in [6.07, 6.45) is 3.89. The van der Waals surface area contributed by atoms with Crippen molar-refractivity contribution in [3.8, 4) is 6.07 Å². The average Bonchev–Trinajstić information content (AvgIpc) is 3.25. The average molecular weight is 338 g/mol. The van der Waals surface area contributed by atoms with Crippen LogP contribution in [0.3, 0.4) is 0 Å². The molecule has 4 rings (SSSR count). The SMILES string of the molecule is N#Cc1cccc(CN2CCC3(CC(C(=O)NCC4CC4)=NO3)C2)c1. The lowest BCUT2D eigenvalue weighted by molar-refractivity contribution is -0.115. The molecule has 1 amide bonds. The van der Waals surface area contributed by atoms with Crippen LogP contribution in [0.1, 0.15) is 36.8 Å². The second-order valence-electron chi connectivity index (χ2n) is 7.42. The Hall–Kier alpha value is -2.39. The van der Waals surface area contributed by atoms with Crippen molar-refractivity contribution in [2.75, 3.05) is 19.6 Å². The molecule has 130 valence electrons. The van der Waals surface area contributed by atoms with Gasteiger partial charge >= 0.3 is 0 Å². The molecule has 6 heteroatoms. The van der Waals surface area contributed by atoms with Crippen LogP contribution in [0.2, 0.25) is 0 Å². The number of carbonyl (C=O) groups excluding carboxylic acids is 1. The quantitative estimate of drug-likeness (QED) is 0.888. The molecule has 1 aliphatic carbocycles. The summed E-state index contributed by atoms with van der Waals surface area (Å²) in [5.74, 6) is 0.580. The lowest BCUT2D eigenvalue weighted by Gasteiger charge is -2.21. The number of nitrogens with one attached hydrogen (secondary N) is 1. The number of nitrogens with zero attached hydrogens (tertiary/aromatic N) is 3. The molecule has 2 aliphatic heterocycles. The van der Waals surface area contributed by atoms with Crippen LogP contribution in [0.15, 0.2) is 29.4 Å². The van der Waals surface area contributed by atoms with E-state index in [9.17, 15) is 4.79 Å². The van der Waals surface area contributed by atoms with Crippen LogP contribution >= 0.6 is 0 Å². The Morgan fingerprint density at radius 2 is 2.36 bits per heavy atom. The molecule has 1 saturated carbocycles. The second kappa shape index (κ2) is 6.49. The summed E-state index contributed by atoms with van der Waals surface area (Å²) in [4.78, 5) is 20.2. The van der Waals surface area contributed by atoms with Crippen molar-refractivity contribution in [3.05, 3.63) is 35.4 Å². The van der Waals surface area contributed by atoms with E-state index in [1.165, 1.54) is 12.8 Å². The fourth-order valence-corrected chi connectivity index (χ4v) is 3.58. The zero-order valence-corrected chi connectivity index (χ0v) is 14.2. The fourth-order valence-electron chi connectivity index (χ4n) is 3.58. The fraction of sp³-hybridized carbons (Fsp3) is 0.526. The van der Waals surface area contributed by atoms with Crippen LogP contribution < -0.4 is 5.32 Å². The van der Waals surface area contributed by atoms with Gasteiger partial charge in [0.05, 0.1) is 11.6 Å². The molecule has 1 spiro atoms. The van der Waals surface area contributed by atoms with E-state index in [0.29, 0.717) is 23.6 Å². The Bertz CT molecular complexity index is 750. The van der Waals surface area contributed by atoms with E-state index in [1.807, 2.05) is 24.3 Å². The normalized spacial score (nSPS) is 25.5. The highest BCUT2D eigenvalue weighted by Gasteiger charge is 2.46. The van der Waals surface area contributed by atoms with Crippen molar-refractivity contribution in [3.63, 3.8) is 0 Å². The molecule has 0 bridgehead atoms. The smallest absolute Gasteiger partial charge is 0.269 e. The zero-order chi connectivity index (χ0) is 17.3. The molecule has 25 heavy (non-hydrogen) atoms. The number of amides is 1. The van der Waals surface area contributed by atoms with Crippen molar-refractivity contribution < 1.29 is 9.63 Å². The first kappa shape index (κ1) is 16.1. The van der Waals surface area contributed by atoms with E-state index in [2.05, 4.69) is 21.4 Å². The van der Waals surface area contributed by atoms with Crippen molar-refractivity contribution in [2.24, 2.45) is 11.1 Å². The molecule has 0 radical (unpaired) electrons. The largest absolute Gasteiger partial charge is 0.387 e. The monoisotopic (exact) mass is 338 g/mol. The summed E-state index contributed by atoms with van der Waals surface area (Å²) in [5, 5.41) is 16.1. The molecule has 1 aromatic rings. The third-order valence-corrected chi connectivity index (χ3v) is 5.21. The van der Waals surface area contributed by atoms with Gasteiger partial charge in [-0.2, -0.15) is 5.26 Å². The van der Waals surface area contributed by atoms with Gasteiger partial charge in [-0.05, 0) is 36.5 Å². The predicted molar refractivity (Wildman–Crippen MR) is 92.7 cm³/mol. The number of oxime groups is 1. The molecule has 1 saturated heterocycles. The van der Waals surface area contributed by atoms with Gasteiger partial charge in [-0.15, -0.1) is 0 Å². The van der Waals surface area contributed by atoms with E-state index >= 15 is 0 Å². The van der Waals surface area contributed by atoms with Crippen molar-refractivity contribution in [1.82, 2.24) is 10.2 Å². The van der Waals surface area contributed by atoms with Crippen LogP contribution in [0.5, 0.6) is 0 Å². The van der Waals surface area contributed by atoms with Gasteiger partial charge in [-0.25, -0.2) is 0 Å². The molecule has 1 atom stereocenters. The molecule has 1 aromatic carbocycles. The van der Waals surface area contributed by atoms with Gasteiger partial charge < -0.3 is 10.2 Å². The van der Waals surface area contributed by atoms with Gasteiger partial charge in [-0.1, -0.05) is 17.3 Å². The molecule has 2 fully saturated rings. The lowest BCUT2D eigenvalue weighted by atomic mass is 9.96. The molecular formula is C19H22N4O2. The van der Waals surface area contributed by atoms with Crippen molar-refractivity contribution in [2.45, 2.75) is 37.8 Å². The van der Waals surface area contributed by atoms with Gasteiger partial charge in [-0.3, -0.25) is 9.69 Å². The first-order valence-corrected chi connectivity index (χ1v) is 8.90. The van der Waals surface area contributed by atoms with Crippen LogP contribution in [-0.2, 0) is 16.2 Å². The van der Waals surface area contributed by atoms with E-state index in [0.717, 1.165) is 38.2 Å². The maximum atomic E-state index is 12.2. The topological polar surface area (TPSA) is 77.7 Å². The van der Waals surface area contributed by atoms with Crippen molar-refractivity contribution >= 4 is 11.6 Å². The molecule has 0 aromatic heterocycles. The van der Waals surface area contributed by atoms with E-state index < -0.39 is 0 Å². The Kier molecular flexibility index (Phi) is 4.18. The minimum absolute atomic E-state index is 0.0797. The van der Waals surface area contributed by atoms with E-state index in [1.54, 1.807) is 0 Å². The lowest BCUT2D eigenvalue weighted by Crippen LogP contribution is -2.37. The Labute approximate surface area is 147 Å². The molecule has 1 N–H and O–H groups in total. The molecule has 1 unspecified atom stereocenters. The third-order valence-electron chi connectivity index (χ3n) is 5.21. The highest BCUT2D eigenvalue weighted by atomic mass is 16.7. The molecule has 3 aliphatic rings. The van der Waals surface area contributed by atoms with Gasteiger partial charge in [0.1, 0.15) is 5.71 Å². The number of likely N-dealkylation sites (tertiary alicyclic amines) is 1. The van der Waals surface area contributed by atoms with E-state index in [4.69, 9.17) is 10.1 Å². The Morgan fingerprint density at radius 1 is 1.48 bits per heavy atom. The molecular weight excluding hydrogens is 316 g/mol. The highest BCUT2D eigenvalue weighted by Crippen LogP contribution is 2.34. The first-order chi connectivity index (χ1) is 12.2. The van der Waals surface area contributed by atoms with Crippen LogP contribution in [0, 0.1) is 17.2 Å². The maximum Gasteiger partial charge on any atom is 0.269 e. The van der Waals surface area contributed by atoms with Gasteiger partial charge in [0.25, 0.3) is 5.91 Å². The van der Waals surface area contributed by atoms with Crippen LogP contribution in [0.25, 0.3) is 0 Å². The summed E-state index contributed by atoms with van der Waals surface area (Å²) in [7, 11) is 0. The number of nitriles is 1. The predicted octanol–water partition coefficient (Wildman–Crippen LogP) is 1.81. The summed E-state index contributed by atoms with van der Waals surface area (Å²) in [6.45, 7) is 3.20. The standard InChI is InChI=1S/C19H22N4O2/c20-10-15-2-1-3-16(8-15)12-23-7-6-19(13-23)9-17(22-25-19)18(24)21-11-14-4-5-14/h1-3,8,14H,4-7,9,11-13H2,(H,21,24).